The minimum atomic E-state index is -0.746. The SMILES string of the molecule is Cc1ccc(F)cc1C=CC1CCC(=O)C1CCCCCCC(=O)O. The lowest BCUT2D eigenvalue weighted by Gasteiger charge is -2.15. The Bertz CT molecular complexity index is 636. The molecular weight excluding hydrogens is 319 g/mol. The van der Waals surface area contributed by atoms with Crippen molar-refractivity contribution in [3.63, 3.8) is 0 Å². The van der Waals surface area contributed by atoms with Crippen LogP contribution in [-0.2, 0) is 9.59 Å². The van der Waals surface area contributed by atoms with Gasteiger partial charge >= 0.3 is 5.97 Å². The second-order valence-corrected chi connectivity index (χ2v) is 6.98. The summed E-state index contributed by atoms with van der Waals surface area (Å²) < 4.78 is 13.4. The van der Waals surface area contributed by atoms with E-state index in [4.69, 9.17) is 5.11 Å². The summed E-state index contributed by atoms with van der Waals surface area (Å²) in [7, 11) is 0. The minimum Gasteiger partial charge on any atom is -0.481 e. The van der Waals surface area contributed by atoms with E-state index in [0.29, 0.717) is 18.6 Å². The van der Waals surface area contributed by atoms with Crippen molar-refractivity contribution in [3.8, 4) is 0 Å². The lowest BCUT2D eigenvalue weighted by Crippen LogP contribution is -2.13. The van der Waals surface area contributed by atoms with Crippen LogP contribution in [0.4, 0.5) is 4.39 Å². The second kappa shape index (κ2) is 9.50. The standard InChI is InChI=1S/C21H27FO3/c1-15-8-12-18(22)14-17(15)10-9-16-11-13-20(23)19(16)6-4-2-3-5-7-21(24)25/h8-10,12,14,16,19H,2-7,11,13H2,1H3,(H,24,25). The Morgan fingerprint density at radius 1 is 1.28 bits per heavy atom. The molecule has 0 aromatic heterocycles. The van der Waals surface area contributed by atoms with Crippen molar-refractivity contribution in [1.29, 1.82) is 0 Å². The summed E-state index contributed by atoms with van der Waals surface area (Å²) in [4.78, 5) is 22.6. The molecular formula is C21H27FO3. The Labute approximate surface area is 148 Å². The first-order chi connectivity index (χ1) is 12.0. The topological polar surface area (TPSA) is 54.4 Å². The Morgan fingerprint density at radius 3 is 2.80 bits per heavy atom. The van der Waals surface area contributed by atoms with Crippen LogP contribution in [0.25, 0.3) is 6.08 Å². The molecule has 0 bridgehead atoms. The predicted molar refractivity (Wildman–Crippen MR) is 96.7 cm³/mol. The summed E-state index contributed by atoms with van der Waals surface area (Å²) in [6.07, 6.45) is 10.1. The third-order valence-electron chi connectivity index (χ3n) is 5.07. The number of rotatable bonds is 9. The first-order valence-corrected chi connectivity index (χ1v) is 9.16. The van der Waals surface area contributed by atoms with Crippen molar-refractivity contribution in [3.05, 3.63) is 41.2 Å². The molecule has 1 aliphatic rings. The fourth-order valence-corrected chi connectivity index (χ4v) is 3.55. The molecule has 136 valence electrons. The summed E-state index contributed by atoms with van der Waals surface area (Å²) in [5.41, 5.74) is 1.89. The molecule has 25 heavy (non-hydrogen) atoms. The van der Waals surface area contributed by atoms with Gasteiger partial charge in [-0.3, -0.25) is 9.59 Å². The maximum atomic E-state index is 13.4. The monoisotopic (exact) mass is 346 g/mol. The van der Waals surface area contributed by atoms with Crippen molar-refractivity contribution in [1.82, 2.24) is 0 Å². The molecule has 1 aromatic rings. The highest BCUT2D eigenvalue weighted by Crippen LogP contribution is 2.34. The van der Waals surface area contributed by atoms with E-state index in [1.165, 1.54) is 12.1 Å². The molecule has 0 saturated heterocycles. The normalized spacial score (nSPS) is 20.5. The largest absolute Gasteiger partial charge is 0.481 e. The molecule has 0 aliphatic heterocycles. The molecule has 0 spiro atoms. The third kappa shape index (κ3) is 6.11. The van der Waals surface area contributed by atoms with Gasteiger partial charge in [0.25, 0.3) is 0 Å². The first kappa shape index (κ1) is 19.4. The summed E-state index contributed by atoms with van der Waals surface area (Å²) >= 11 is 0. The molecule has 2 atom stereocenters. The first-order valence-electron chi connectivity index (χ1n) is 9.16. The highest BCUT2D eigenvalue weighted by Gasteiger charge is 2.32. The van der Waals surface area contributed by atoms with E-state index < -0.39 is 5.97 Å². The number of unbranched alkanes of at least 4 members (excludes halogenated alkanes) is 3. The van der Waals surface area contributed by atoms with Crippen LogP contribution >= 0.6 is 0 Å². The van der Waals surface area contributed by atoms with Crippen LogP contribution in [0.3, 0.4) is 0 Å². The van der Waals surface area contributed by atoms with Crippen LogP contribution in [0.2, 0.25) is 0 Å². The molecule has 1 fully saturated rings. The third-order valence-corrected chi connectivity index (χ3v) is 5.07. The maximum Gasteiger partial charge on any atom is 0.303 e. The number of Topliss-reactive ketones (excluding diaryl/α,β-unsaturated/α-hetero) is 1. The number of carboxylic acids is 1. The smallest absolute Gasteiger partial charge is 0.303 e. The van der Waals surface area contributed by atoms with Crippen LogP contribution in [-0.4, -0.2) is 16.9 Å². The van der Waals surface area contributed by atoms with Crippen LogP contribution in [0, 0.1) is 24.6 Å². The van der Waals surface area contributed by atoms with Gasteiger partial charge in [-0.05, 0) is 55.4 Å². The van der Waals surface area contributed by atoms with Crippen molar-refractivity contribution >= 4 is 17.8 Å². The Kier molecular flexibility index (Phi) is 7.35. The van der Waals surface area contributed by atoms with Crippen molar-refractivity contribution in [2.75, 3.05) is 0 Å². The Morgan fingerprint density at radius 2 is 2.04 bits per heavy atom. The molecule has 1 N–H and O–H groups in total. The highest BCUT2D eigenvalue weighted by atomic mass is 19.1. The number of benzene rings is 1. The molecule has 2 rings (SSSR count). The van der Waals surface area contributed by atoms with Gasteiger partial charge in [-0.25, -0.2) is 4.39 Å². The van der Waals surface area contributed by atoms with Crippen molar-refractivity contribution in [2.24, 2.45) is 11.8 Å². The summed E-state index contributed by atoms with van der Waals surface area (Å²) in [5.74, 6) is -0.371. The van der Waals surface area contributed by atoms with E-state index >= 15 is 0 Å². The van der Waals surface area contributed by atoms with E-state index in [-0.39, 0.29) is 24.1 Å². The average Bonchev–Trinajstić information content (AvgIpc) is 2.91. The van der Waals surface area contributed by atoms with E-state index in [0.717, 1.165) is 43.2 Å². The number of aryl methyl sites for hydroxylation is 1. The molecule has 0 heterocycles. The van der Waals surface area contributed by atoms with Gasteiger partial charge in [-0.2, -0.15) is 0 Å². The van der Waals surface area contributed by atoms with Gasteiger partial charge in [0.05, 0.1) is 0 Å². The van der Waals surface area contributed by atoms with Gasteiger partial charge in [0.1, 0.15) is 11.6 Å². The molecule has 1 saturated carbocycles. The van der Waals surface area contributed by atoms with Crippen LogP contribution in [0.1, 0.15) is 62.5 Å². The summed E-state index contributed by atoms with van der Waals surface area (Å²) in [6, 6.07) is 4.75. The summed E-state index contributed by atoms with van der Waals surface area (Å²) in [5, 5.41) is 8.63. The molecule has 0 amide bonds. The molecule has 1 aromatic carbocycles. The number of aliphatic carboxylic acids is 1. The van der Waals surface area contributed by atoms with E-state index in [9.17, 15) is 14.0 Å². The van der Waals surface area contributed by atoms with Gasteiger partial charge in [0, 0.05) is 18.8 Å². The lowest BCUT2D eigenvalue weighted by atomic mass is 9.89. The van der Waals surface area contributed by atoms with Crippen LogP contribution < -0.4 is 0 Å². The number of hydrogen-bond acceptors (Lipinski definition) is 2. The average molecular weight is 346 g/mol. The minimum absolute atomic E-state index is 0.0598. The van der Waals surface area contributed by atoms with Gasteiger partial charge in [0.15, 0.2) is 0 Å². The zero-order valence-corrected chi connectivity index (χ0v) is 14.8. The quantitative estimate of drug-likeness (QED) is 0.628. The molecule has 3 nitrogen and oxygen atoms in total. The number of ketones is 1. The number of hydrogen-bond donors (Lipinski definition) is 1. The van der Waals surface area contributed by atoms with E-state index in [1.807, 2.05) is 13.0 Å². The van der Waals surface area contributed by atoms with E-state index in [2.05, 4.69) is 6.08 Å². The summed E-state index contributed by atoms with van der Waals surface area (Å²) in [6.45, 7) is 1.95. The lowest BCUT2D eigenvalue weighted by molar-refractivity contribution is -0.137. The van der Waals surface area contributed by atoms with Gasteiger partial charge in [-0.1, -0.05) is 37.5 Å². The number of carbonyl (C=O) groups is 2. The second-order valence-electron chi connectivity index (χ2n) is 6.98. The number of allylic oxidation sites excluding steroid dienone is 1. The molecule has 4 heteroatoms. The fraction of sp³-hybridized carbons (Fsp3) is 0.524. The molecule has 0 radical (unpaired) electrons. The zero-order chi connectivity index (χ0) is 18.2. The van der Waals surface area contributed by atoms with Gasteiger partial charge < -0.3 is 5.11 Å². The number of carbonyl (C=O) groups excluding carboxylic acids is 1. The Hall–Kier alpha value is -1.97. The zero-order valence-electron chi connectivity index (χ0n) is 14.8. The maximum absolute atomic E-state index is 13.4. The van der Waals surface area contributed by atoms with Crippen LogP contribution in [0.15, 0.2) is 24.3 Å². The molecule has 1 aliphatic carbocycles. The predicted octanol–water partition coefficient (Wildman–Crippen LogP) is 5.17. The van der Waals surface area contributed by atoms with Crippen LogP contribution in [0.5, 0.6) is 0 Å². The fourth-order valence-electron chi connectivity index (χ4n) is 3.55. The highest BCUT2D eigenvalue weighted by molar-refractivity contribution is 5.84. The van der Waals surface area contributed by atoms with Gasteiger partial charge in [-0.15, -0.1) is 0 Å². The van der Waals surface area contributed by atoms with Crippen molar-refractivity contribution in [2.45, 2.75) is 58.3 Å². The number of carboxylic acid groups (broad SMARTS) is 1. The number of halogens is 1. The molecule has 2 unspecified atom stereocenters. The van der Waals surface area contributed by atoms with E-state index in [1.54, 1.807) is 6.07 Å². The van der Waals surface area contributed by atoms with Crippen molar-refractivity contribution < 1.29 is 19.1 Å². The van der Waals surface area contributed by atoms with Gasteiger partial charge in [0.2, 0.25) is 0 Å². The Balaban J connectivity index is 1.85.